The molecular weight excluding hydrogens is 220 g/mol. The number of allylic oxidation sites excluding steroid dienone is 1. The van der Waals surface area contributed by atoms with Gasteiger partial charge in [-0.15, -0.1) is 0 Å². The Hall–Kier alpha value is -1.08. The molecule has 98 valence electrons. The van der Waals surface area contributed by atoms with Gasteiger partial charge in [0, 0.05) is 5.92 Å². The first-order valence-corrected chi connectivity index (χ1v) is 7.16. The molecule has 0 spiro atoms. The van der Waals surface area contributed by atoms with Gasteiger partial charge in [0.15, 0.2) is 0 Å². The van der Waals surface area contributed by atoms with E-state index in [9.17, 15) is 5.11 Å². The molecule has 18 heavy (non-hydrogen) atoms. The van der Waals surface area contributed by atoms with Crippen molar-refractivity contribution in [1.82, 2.24) is 0 Å². The van der Waals surface area contributed by atoms with E-state index in [-0.39, 0.29) is 6.10 Å². The molecule has 0 aromatic heterocycles. The van der Waals surface area contributed by atoms with Crippen molar-refractivity contribution < 1.29 is 5.11 Å². The fraction of sp³-hybridized carbons (Fsp3) is 0.529. The molecule has 1 aliphatic carbocycles. The van der Waals surface area contributed by atoms with Crippen molar-refractivity contribution in [1.29, 1.82) is 0 Å². The standard InChI is InChI=1S/C17H24O/c1-14-8-4-2-7-11-16(14)17(18)13-12-15-9-5-3-6-10-15/h3,5-6,8-10,16-18H,2,4,7,11-13H2,1H3/t16-,17-/m0/s1. The summed E-state index contributed by atoms with van der Waals surface area (Å²) in [6, 6.07) is 10.5. The van der Waals surface area contributed by atoms with Gasteiger partial charge in [0.25, 0.3) is 0 Å². The molecule has 0 heterocycles. The normalized spacial score (nSPS) is 22.1. The molecular formula is C17H24O. The van der Waals surface area contributed by atoms with Crippen LogP contribution in [0.3, 0.4) is 0 Å². The molecule has 0 radical (unpaired) electrons. The summed E-state index contributed by atoms with van der Waals surface area (Å²) in [5, 5.41) is 10.4. The molecule has 1 aromatic rings. The van der Waals surface area contributed by atoms with Crippen molar-refractivity contribution >= 4 is 0 Å². The first kappa shape index (κ1) is 13.4. The number of benzene rings is 1. The largest absolute Gasteiger partial charge is 0.392 e. The van der Waals surface area contributed by atoms with Crippen molar-refractivity contribution in [3.8, 4) is 0 Å². The van der Waals surface area contributed by atoms with Crippen LogP contribution in [-0.2, 0) is 6.42 Å². The topological polar surface area (TPSA) is 20.2 Å². The zero-order valence-electron chi connectivity index (χ0n) is 11.3. The molecule has 0 amide bonds. The summed E-state index contributed by atoms with van der Waals surface area (Å²) in [6.07, 6.45) is 8.86. The van der Waals surface area contributed by atoms with Crippen LogP contribution in [0.4, 0.5) is 0 Å². The van der Waals surface area contributed by atoms with Crippen molar-refractivity contribution in [2.45, 2.75) is 51.6 Å². The third-order valence-corrected chi connectivity index (χ3v) is 4.06. The van der Waals surface area contributed by atoms with E-state index < -0.39 is 0 Å². The number of hydrogen-bond donors (Lipinski definition) is 1. The molecule has 0 aliphatic heterocycles. The SMILES string of the molecule is CC1=CCCCC[C@@H]1[C@@H](O)CCc1ccccc1. The number of hydrogen-bond acceptors (Lipinski definition) is 1. The van der Waals surface area contributed by atoms with Crippen LogP contribution in [0.15, 0.2) is 42.0 Å². The lowest BCUT2D eigenvalue weighted by Gasteiger charge is -2.22. The quantitative estimate of drug-likeness (QED) is 0.790. The number of aliphatic hydroxyl groups is 1. The first-order valence-electron chi connectivity index (χ1n) is 7.16. The Morgan fingerprint density at radius 3 is 2.78 bits per heavy atom. The van der Waals surface area contributed by atoms with E-state index in [1.165, 1.54) is 30.4 Å². The highest BCUT2D eigenvalue weighted by molar-refractivity contribution is 5.15. The van der Waals surface area contributed by atoms with Gasteiger partial charge < -0.3 is 5.11 Å². The number of aliphatic hydroxyl groups excluding tert-OH is 1. The van der Waals surface area contributed by atoms with Gasteiger partial charge in [-0.05, 0) is 44.6 Å². The first-order chi connectivity index (χ1) is 8.77. The maximum absolute atomic E-state index is 10.4. The smallest absolute Gasteiger partial charge is 0.0608 e. The predicted molar refractivity (Wildman–Crippen MR) is 76.5 cm³/mol. The van der Waals surface area contributed by atoms with Gasteiger partial charge in [-0.25, -0.2) is 0 Å². The predicted octanol–water partition coefficient (Wildman–Crippen LogP) is 4.12. The summed E-state index contributed by atoms with van der Waals surface area (Å²) >= 11 is 0. The molecule has 0 unspecified atom stereocenters. The summed E-state index contributed by atoms with van der Waals surface area (Å²) < 4.78 is 0. The van der Waals surface area contributed by atoms with Crippen LogP contribution >= 0.6 is 0 Å². The lowest BCUT2D eigenvalue weighted by molar-refractivity contribution is 0.111. The molecule has 2 atom stereocenters. The monoisotopic (exact) mass is 244 g/mol. The van der Waals surface area contributed by atoms with Crippen LogP contribution in [0.1, 0.15) is 44.6 Å². The maximum Gasteiger partial charge on any atom is 0.0608 e. The van der Waals surface area contributed by atoms with Gasteiger partial charge >= 0.3 is 0 Å². The van der Waals surface area contributed by atoms with Gasteiger partial charge in [-0.2, -0.15) is 0 Å². The molecule has 0 bridgehead atoms. The summed E-state index contributed by atoms with van der Waals surface area (Å²) in [5.41, 5.74) is 2.72. The fourth-order valence-electron chi connectivity index (χ4n) is 2.87. The zero-order chi connectivity index (χ0) is 12.8. The van der Waals surface area contributed by atoms with Gasteiger partial charge in [0.2, 0.25) is 0 Å². The molecule has 0 fully saturated rings. The Balaban J connectivity index is 1.89. The Kier molecular flexibility index (Phi) is 5.00. The third kappa shape index (κ3) is 3.71. The van der Waals surface area contributed by atoms with Crippen LogP contribution in [0.2, 0.25) is 0 Å². The average molecular weight is 244 g/mol. The highest BCUT2D eigenvalue weighted by Gasteiger charge is 2.21. The Labute approximate surface area is 111 Å². The maximum atomic E-state index is 10.4. The van der Waals surface area contributed by atoms with Crippen molar-refractivity contribution in [3.63, 3.8) is 0 Å². The van der Waals surface area contributed by atoms with E-state index in [0.29, 0.717) is 5.92 Å². The molecule has 1 heteroatoms. The van der Waals surface area contributed by atoms with Gasteiger partial charge in [-0.3, -0.25) is 0 Å². The minimum Gasteiger partial charge on any atom is -0.392 e. The second kappa shape index (κ2) is 6.75. The van der Waals surface area contributed by atoms with E-state index in [1.807, 2.05) is 6.07 Å². The van der Waals surface area contributed by atoms with Crippen LogP contribution in [0, 0.1) is 5.92 Å². The molecule has 0 saturated heterocycles. The van der Waals surface area contributed by atoms with Gasteiger partial charge in [0.05, 0.1) is 6.10 Å². The molecule has 1 N–H and O–H groups in total. The summed E-state index contributed by atoms with van der Waals surface area (Å²) in [4.78, 5) is 0. The third-order valence-electron chi connectivity index (χ3n) is 4.06. The van der Waals surface area contributed by atoms with Crippen molar-refractivity contribution in [3.05, 3.63) is 47.5 Å². The summed E-state index contributed by atoms with van der Waals surface area (Å²) in [5.74, 6) is 0.385. The Bertz CT molecular complexity index is 380. The number of aryl methyl sites for hydroxylation is 1. The lowest BCUT2D eigenvalue weighted by Crippen LogP contribution is -2.22. The van der Waals surface area contributed by atoms with E-state index in [2.05, 4.69) is 37.3 Å². The molecule has 1 nitrogen and oxygen atoms in total. The summed E-state index contributed by atoms with van der Waals surface area (Å²) in [7, 11) is 0. The second-order valence-corrected chi connectivity index (χ2v) is 5.43. The zero-order valence-corrected chi connectivity index (χ0v) is 11.3. The minimum absolute atomic E-state index is 0.181. The van der Waals surface area contributed by atoms with Crippen LogP contribution < -0.4 is 0 Å². The van der Waals surface area contributed by atoms with Gasteiger partial charge in [-0.1, -0.05) is 48.4 Å². The van der Waals surface area contributed by atoms with E-state index in [1.54, 1.807) is 0 Å². The second-order valence-electron chi connectivity index (χ2n) is 5.43. The molecule has 2 rings (SSSR count). The number of rotatable bonds is 4. The van der Waals surface area contributed by atoms with Crippen molar-refractivity contribution in [2.75, 3.05) is 0 Å². The summed E-state index contributed by atoms with van der Waals surface area (Å²) in [6.45, 7) is 2.18. The highest BCUT2D eigenvalue weighted by Crippen LogP contribution is 2.28. The van der Waals surface area contributed by atoms with E-state index >= 15 is 0 Å². The fourth-order valence-corrected chi connectivity index (χ4v) is 2.87. The molecule has 1 aliphatic rings. The van der Waals surface area contributed by atoms with Gasteiger partial charge in [0.1, 0.15) is 0 Å². The molecule has 0 saturated carbocycles. The Morgan fingerprint density at radius 2 is 2.00 bits per heavy atom. The lowest BCUT2D eigenvalue weighted by atomic mass is 9.88. The van der Waals surface area contributed by atoms with E-state index in [4.69, 9.17) is 0 Å². The van der Waals surface area contributed by atoms with Crippen LogP contribution in [0.5, 0.6) is 0 Å². The van der Waals surface area contributed by atoms with E-state index in [0.717, 1.165) is 19.3 Å². The van der Waals surface area contributed by atoms with Crippen molar-refractivity contribution in [2.24, 2.45) is 5.92 Å². The average Bonchev–Trinajstić information content (AvgIpc) is 2.62. The van der Waals surface area contributed by atoms with Crippen LogP contribution in [0.25, 0.3) is 0 Å². The highest BCUT2D eigenvalue weighted by atomic mass is 16.3. The minimum atomic E-state index is -0.181. The van der Waals surface area contributed by atoms with Crippen LogP contribution in [-0.4, -0.2) is 11.2 Å². The Morgan fingerprint density at radius 1 is 1.22 bits per heavy atom. The molecule has 1 aromatic carbocycles.